The zero-order chi connectivity index (χ0) is 22.6. The van der Waals surface area contributed by atoms with Crippen molar-refractivity contribution in [3.8, 4) is 16.9 Å². The second-order valence-electron chi connectivity index (χ2n) is 7.90. The SMILES string of the molecule is O=c1[nH]c2c(cc1CNCCc1ccccc1)c(-c1ccc(F)cc1)nn2-c1ccccc1. The van der Waals surface area contributed by atoms with E-state index in [2.05, 4.69) is 22.4 Å². The highest BCUT2D eigenvalue weighted by molar-refractivity contribution is 5.92. The van der Waals surface area contributed by atoms with E-state index in [1.54, 1.807) is 16.8 Å². The number of hydrogen-bond acceptors (Lipinski definition) is 3. The number of aromatic nitrogens is 3. The van der Waals surface area contributed by atoms with Crippen LogP contribution < -0.4 is 10.9 Å². The topological polar surface area (TPSA) is 62.7 Å². The molecule has 5 nitrogen and oxygen atoms in total. The van der Waals surface area contributed by atoms with Gasteiger partial charge >= 0.3 is 0 Å². The fourth-order valence-electron chi connectivity index (χ4n) is 3.92. The molecule has 0 radical (unpaired) electrons. The van der Waals surface area contributed by atoms with Gasteiger partial charge in [-0.05, 0) is 61.0 Å². The third kappa shape index (κ3) is 4.47. The molecule has 0 aliphatic carbocycles. The minimum absolute atomic E-state index is 0.155. The Kier molecular flexibility index (Phi) is 5.83. The number of fused-ring (bicyclic) bond motifs is 1. The molecule has 0 bridgehead atoms. The number of halogens is 1. The first-order valence-electron chi connectivity index (χ1n) is 10.9. The quantitative estimate of drug-likeness (QED) is 0.357. The van der Waals surface area contributed by atoms with Gasteiger partial charge in [0.05, 0.1) is 5.69 Å². The Labute approximate surface area is 190 Å². The van der Waals surface area contributed by atoms with Crippen molar-refractivity contribution in [1.29, 1.82) is 0 Å². The molecule has 0 saturated heterocycles. The van der Waals surface area contributed by atoms with Crippen LogP contribution >= 0.6 is 0 Å². The van der Waals surface area contributed by atoms with Gasteiger partial charge in [0.25, 0.3) is 5.56 Å². The summed E-state index contributed by atoms with van der Waals surface area (Å²) < 4.78 is 15.2. The zero-order valence-electron chi connectivity index (χ0n) is 18.0. The number of para-hydroxylation sites is 1. The molecule has 2 heterocycles. The Morgan fingerprint density at radius 2 is 1.61 bits per heavy atom. The molecule has 0 aliphatic heterocycles. The lowest BCUT2D eigenvalue weighted by Gasteiger charge is -2.06. The minimum Gasteiger partial charge on any atom is -0.312 e. The number of hydrogen-bond donors (Lipinski definition) is 2. The van der Waals surface area contributed by atoms with Crippen LogP contribution in [0.3, 0.4) is 0 Å². The number of nitrogens with zero attached hydrogens (tertiary/aromatic N) is 2. The summed E-state index contributed by atoms with van der Waals surface area (Å²) in [6, 6.07) is 28.0. The number of pyridine rings is 1. The van der Waals surface area contributed by atoms with Gasteiger partial charge in [0.1, 0.15) is 17.2 Å². The van der Waals surface area contributed by atoms with E-state index in [1.807, 2.05) is 54.6 Å². The maximum absolute atomic E-state index is 13.5. The first kappa shape index (κ1) is 20.8. The first-order chi connectivity index (χ1) is 16.2. The van der Waals surface area contributed by atoms with Crippen molar-refractivity contribution in [2.24, 2.45) is 0 Å². The number of aromatic amines is 1. The second-order valence-corrected chi connectivity index (χ2v) is 7.90. The van der Waals surface area contributed by atoms with Gasteiger partial charge in [-0.25, -0.2) is 9.07 Å². The van der Waals surface area contributed by atoms with Crippen LogP contribution in [0.25, 0.3) is 28.0 Å². The van der Waals surface area contributed by atoms with Gasteiger partial charge in [-0.3, -0.25) is 4.79 Å². The molecule has 2 aromatic heterocycles. The largest absolute Gasteiger partial charge is 0.312 e. The maximum atomic E-state index is 13.5. The molecule has 0 saturated carbocycles. The van der Waals surface area contributed by atoms with E-state index in [0.717, 1.165) is 29.6 Å². The van der Waals surface area contributed by atoms with Crippen molar-refractivity contribution in [1.82, 2.24) is 20.1 Å². The van der Waals surface area contributed by atoms with Crippen LogP contribution in [0, 0.1) is 5.82 Å². The second kappa shape index (κ2) is 9.22. The normalized spacial score (nSPS) is 11.2. The number of benzene rings is 3. The maximum Gasteiger partial charge on any atom is 0.254 e. The predicted molar refractivity (Wildman–Crippen MR) is 129 cm³/mol. The van der Waals surface area contributed by atoms with Crippen molar-refractivity contribution >= 4 is 11.0 Å². The van der Waals surface area contributed by atoms with Crippen LogP contribution in [0.2, 0.25) is 0 Å². The van der Waals surface area contributed by atoms with Crippen molar-refractivity contribution in [3.05, 3.63) is 118 Å². The summed E-state index contributed by atoms with van der Waals surface area (Å²) in [4.78, 5) is 15.9. The van der Waals surface area contributed by atoms with Gasteiger partial charge in [0.15, 0.2) is 0 Å². The Morgan fingerprint density at radius 3 is 2.33 bits per heavy atom. The molecule has 164 valence electrons. The molecule has 0 atom stereocenters. The Balaban J connectivity index is 1.50. The molecule has 0 amide bonds. The lowest BCUT2D eigenvalue weighted by molar-refractivity contribution is 0.628. The van der Waals surface area contributed by atoms with Crippen LogP contribution in [-0.4, -0.2) is 21.3 Å². The molecule has 5 aromatic rings. The number of nitrogens with one attached hydrogen (secondary N) is 2. The molecule has 33 heavy (non-hydrogen) atoms. The van der Waals surface area contributed by atoms with E-state index in [1.165, 1.54) is 17.7 Å². The molecule has 0 unspecified atom stereocenters. The third-order valence-corrected chi connectivity index (χ3v) is 5.63. The third-order valence-electron chi connectivity index (χ3n) is 5.63. The van der Waals surface area contributed by atoms with Gasteiger partial charge in [0.2, 0.25) is 0 Å². The molecule has 5 rings (SSSR count). The van der Waals surface area contributed by atoms with E-state index >= 15 is 0 Å². The van der Waals surface area contributed by atoms with E-state index in [0.29, 0.717) is 23.4 Å². The van der Waals surface area contributed by atoms with E-state index in [9.17, 15) is 9.18 Å². The molecule has 0 aliphatic rings. The zero-order valence-corrected chi connectivity index (χ0v) is 18.0. The summed E-state index contributed by atoms with van der Waals surface area (Å²) in [5.41, 5.74) is 4.64. The highest BCUT2D eigenvalue weighted by Crippen LogP contribution is 2.29. The van der Waals surface area contributed by atoms with Gasteiger partial charge < -0.3 is 10.3 Å². The Bertz CT molecular complexity index is 1420. The standard InChI is InChI=1S/C27H23FN4O/c28-22-13-11-20(12-14-22)25-24-17-21(18-29-16-15-19-7-3-1-4-8-19)27(33)30-26(24)32(31-25)23-9-5-2-6-10-23/h1-14,17,29H,15-16,18H2,(H,30,33). The van der Waals surface area contributed by atoms with Crippen molar-refractivity contribution in [2.75, 3.05) is 6.54 Å². The van der Waals surface area contributed by atoms with E-state index in [-0.39, 0.29) is 11.4 Å². The highest BCUT2D eigenvalue weighted by Gasteiger charge is 2.16. The van der Waals surface area contributed by atoms with Gasteiger partial charge in [-0.2, -0.15) is 5.10 Å². The molecule has 0 spiro atoms. The molecule has 6 heteroatoms. The number of H-pyrrole nitrogens is 1. The minimum atomic E-state index is -0.303. The molecule has 2 N–H and O–H groups in total. The summed E-state index contributed by atoms with van der Waals surface area (Å²) in [5, 5.41) is 8.96. The summed E-state index contributed by atoms with van der Waals surface area (Å²) in [5.74, 6) is -0.303. The summed E-state index contributed by atoms with van der Waals surface area (Å²) in [7, 11) is 0. The van der Waals surface area contributed by atoms with Crippen LogP contribution in [0.1, 0.15) is 11.1 Å². The molecular weight excluding hydrogens is 415 g/mol. The van der Waals surface area contributed by atoms with Crippen LogP contribution in [-0.2, 0) is 13.0 Å². The smallest absolute Gasteiger partial charge is 0.254 e. The fraction of sp³-hybridized carbons (Fsp3) is 0.111. The van der Waals surface area contributed by atoms with Crippen LogP contribution in [0.5, 0.6) is 0 Å². The van der Waals surface area contributed by atoms with Gasteiger partial charge in [-0.15, -0.1) is 0 Å². The average molecular weight is 439 g/mol. The van der Waals surface area contributed by atoms with Crippen LogP contribution in [0.4, 0.5) is 4.39 Å². The predicted octanol–water partition coefficient (Wildman–Crippen LogP) is 4.85. The highest BCUT2D eigenvalue weighted by atomic mass is 19.1. The van der Waals surface area contributed by atoms with E-state index in [4.69, 9.17) is 5.10 Å². The number of rotatable bonds is 7. The Hall–Kier alpha value is -4.03. The van der Waals surface area contributed by atoms with Crippen molar-refractivity contribution in [3.63, 3.8) is 0 Å². The monoisotopic (exact) mass is 438 g/mol. The Morgan fingerprint density at radius 1 is 0.909 bits per heavy atom. The fourth-order valence-corrected chi connectivity index (χ4v) is 3.92. The average Bonchev–Trinajstić information content (AvgIpc) is 3.21. The lowest BCUT2D eigenvalue weighted by atomic mass is 10.1. The van der Waals surface area contributed by atoms with Crippen molar-refractivity contribution in [2.45, 2.75) is 13.0 Å². The summed E-state index contributed by atoms with van der Waals surface area (Å²) in [6.07, 6.45) is 0.883. The lowest BCUT2D eigenvalue weighted by Crippen LogP contribution is -2.23. The molecular formula is C27H23FN4O. The van der Waals surface area contributed by atoms with Crippen LogP contribution in [0.15, 0.2) is 95.8 Å². The van der Waals surface area contributed by atoms with Gasteiger partial charge in [-0.1, -0.05) is 48.5 Å². The first-order valence-corrected chi connectivity index (χ1v) is 10.9. The molecule has 0 fully saturated rings. The summed E-state index contributed by atoms with van der Waals surface area (Å²) >= 11 is 0. The molecule has 3 aromatic carbocycles. The van der Waals surface area contributed by atoms with Gasteiger partial charge in [0, 0.05) is 23.1 Å². The van der Waals surface area contributed by atoms with Crippen molar-refractivity contribution < 1.29 is 4.39 Å². The van der Waals surface area contributed by atoms with E-state index < -0.39 is 0 Å². The summed E-state index contributed by atoms with van der Waals surface area (Å²) in [6.45, 7) is 1.20.